The number of anilines is 1. The third-order valence-electron chi connectivity index (χ3n) is 3.99. The number of thiocarbonyl (C=S) groups is 1. The van der Waals surface area contributed by atoms with Gasteiger partial charge in [0.1, 0.15) is 0 Å². The van der Waals surface area contributed by atoms with Crippen LogP contribution in [0.4, 0.5) is 5.69 Å². The van der Waals surface area contributed by atoms with Gasteiger partial charge in [-0.25, -0.2) is 0 Å². The number of rotatable bonds is 3. The molecule has 0 radical (unpaired) electrons. The Morgan fingerprint density at radius 1 is 1.23 bits per heavy atom. The van der Waals surface area contributed by atoms with E-state index in [2.05, 4.69) is 39.4 Å². The van der Waals surface area contributed by atoms with Crippen molar-refractivity contribution in [2.45, 2.75) is 11.3 Å². The van der Waals surface area contributed by atoms with E-state index in [9.17, 15) is 0 Å². The van der Waals surface area contributed by atoms with Gasteiger partial charge in [0.2, 0.25) is 0 Å². The summed E-state index contributed by atoms with van der Waals surface area (Å²) in [4.78, 5) is 6.01. The zero-order chi connectivity index (χ0) is 15.2. The van der Waals surface area contributed by atoms with Gasteiger partial charge in [-0.3, -0.25) is 4.90 Å². The first-order chi connectivity index (χ1) is 10.8. The van der Waals surface area contributed by atoms with E-state index < -0.39 is 0 Å². The lowest BCUT2D eigenvalue weighted by Gasteiger charge is -2.29. The summed E-state index contributed by atoms with van der Waals surface area (Å²) in [6, 6.07) is 8.55. The summed E-state index contributed by atoms with van der Waals surface area (Å²) in [6.07, 6.45) is 1.16. The van der Waals surface area contributed by atoms with Crippen molar-refractivity contribution in [3.8, 4) is 0 Å². The van der Waals surface area contributed by atoms with Gasteiger partial charge < -0.3 is 15.0 Å². The van der Waals surface area contributed by atoms with Crippen molar-refractivity contribution < 1.29 is 4.74 Å². The van der Waals surface area contributed by atoms with Crippen LogP contribution in [0, 0.1) is 0 Å². The third kappa shape index (κ3) is 4.13. The SMILES string of the molecule is S=C(NCCN1CCOCC1)N1CCCSc2ccccc21. The summed E-state index contributed by atoms with van der Waals surface area (Å²) in [6.45, 7) is 6.66. The number of nitrogens with one attached hydrogen (secondary N) is 1. The van der Waals surface area contributed by atoms with E-state index >= 15 is 0 Å². The smallest absolute Gasteiger partial charge is 0.173 e. The van der Waals surface area contributed by atoms with E-state index in [1.165, 1.54) is 10.6 Å². The second-order valence-electron chi connectivity index (χ2n) is 5.51. The average Bonchev–Trinajstić information content (AvgIpc) is 2.78. The van der Waals surface area contributed by atoms with E-state index in [-0.39, 0.29) is 0 Å². The lowest BCUT2D eigenvalue weighted by Crippen LogP contribution is -2.45. The van der Waals surface area contributed by atoms with E-state index in [1.807, 2.05) is 11.8 Å². The molecule has 3 rings (SSSR count). The second kappa shape index (κ2) is 8.15. The monoisotopic (exact) mass is 337 g/mol. The van der Waals surface area contributed by atoms with Crippen LogP contribution < -0.4 is 10.2 Å². The van der Waals surface area contributed by atoms with Crippen LogP contribution in [0.2, 0.25) is 0 Å². The summed E-state index contributed by atoms with van der Waals surface area (Å²) in [5.41, 5.74) is 1.24. The largest absolute Gasteiger partial charge is 0.379 e. The highest BCUT2D eigenvalue weighted by molar-refractivity contribution is 7.99. The predicted molar refractivity (Wildman–Crippen MR) is 97.0 cm³/mol. The van der Waals surface area contributed by atoms with Crippen molar-refractivity contribution in [2.75, 3.05) is 56.6 Å². The average molecular weight is 338 g/mol. The number of morpholine rings is 1. The summed E-state index contributed by atoms with van der Waals surface area (Å²) in [7, 11) is 0. The molecule has 0 saturated carbocycles. The number of nitrogens with zero attached hydrogens (tertiary/aromatic N) is 2. The fraction of sp³-hybridized carbons (Fsp3) is 0.562. The van der Waals surface area contributed by atoms with Gasteiger partial charge in [0.15, 0.2) is 5.11 Å². The minimum atomic E-state index is 0.848. The predicted octanol–water partition coefficient (Wildman–Crippen LogP) is 2.20. The Hall–Kier alpha value is -0.820. The number of hydrogen-bond acceptors (Lipinski definition) is 4. The molecule has 0 aromatic heterocycles. The molecule has 120 valence electrons. The van der Waals surface area contributed by atoms with Crippen molar-refractivity contribution in [1.82, 2.24) is 10.2 Å². The molecular formula is C16H23N3OS2. The lowest BCUT2D eigenvalue weighted by atomic mass is 10.3. The quantitative estimate of drug-likeness (QED) is 0.850. The summed E-state index contributed by atoms with van der Waals surface area (Å²) < 4.78 is 5.38. The molecule has 0 bridgehead atoms. The molecule has 0 aliphatic carbocycles. The van der Waals surface area contributed by atoms with E-state index in [1.54, 1.807) is 0 Å². The van der Waals surface area contributed by atoms with Crippen molar-refractivity contribution in [2.24, 2.45) is 0 Å². The van der Waals surface area contributed by atoms with Crippen molar-refractivity contribution >= 4 is 34.8 Å². The number of ether oxygens (including phenoxy) is 1. The first-order valence-corrected chi connectivity index (χ1v) is 9.31. The lowest BCUT2D eigenvalue weighted by molar-refractivity contribution is 0.0389. The number of para-hydroxylation sites is 1. The second-order valence-corrected chi connectivity index (χ2v) is 7.03. The Bertz CT molecular complexity index is 506. The molecule has 0 unspecified atom stereocenters. The van der Waals surface area contributed by atoms with Crippen molar-refractivity contribution in [3.05, 3.63) is 24.3 Å². The van der Waals surface area contributed by atoms with Gasteiger partial charge in [0.05, 0.1) is 18.9 Å². The summed E-state index contributed by atoms with van der Waals surface area (Å²) in [5.74, 6) is 1.16. The highest BCUT2D eigenvalue weighted by Crippen LogP contribution is 2.33. The minimum absolute atomic E-state index is 0.848. The van der Waals surface area contributed by atoms with Gasteiger partial charge in [-0.05, 0) is 36.5 Å². The van der Waals surface area contributed by atoms with E-state index in [4.69, 9.17) is 17.0 Å². The van der Waals surface area contributed by atoms with Gasteiger partial charge >= 0.3 is 0 Å². The van der Waals surface area contributed by atoms with Crippen molar-refractivity contribution in [3.63, 3.8) is 0 Å². The molecule has 1 N–H and O–H groups in total. The van der Waals surface area contributed by atoms with Crippen LogP contribution in [0.25, 0.3) is 0 Å². The maximum Gasteiger partial charge on any atom is 0.173 e. The fourth-order valence-corrected chi connectivity index (χ4v) is 4.07. The number of fused-ring (bicyclic) bond motifs is 1. The van der Waals surface area contributed by atoms with Crippen LogP contribution in [0.5, 0.6) is 0 Å². The Labute approximate surface area is 142 Å². The van der Waals surface area contributed by atoms with Crippen LogP contribution in [0.15, 0.2) is 29.2 Å². The number of hydrogen-bond donors (Lipinski definition) is 1. The van der Waals surface area contributed by atoms with Crippen LogP contribution in [0.3, 0.4) is 0 Å². The first kappa shape index (κ1) is 16.1. The Balaban J connectivity index is 1.55. The Morgan fingerprint density at radius 3 is 2.91 bits per heavy atom. The molecule has 1 fully saturated rings. The molecule has 2 heterocycles. The van der Waals surface area contributed by atoms with Crippen LogP contribution in [0.1, 0.15) is 6.42 Å². The molecule has 1 aromatic rings. The van der Waals surface area contributed by atoms with Gasteiger partial charge in [-0.15, -0.1) is 11.8 Å². The zero-order valence-electron chi connectivity index (χ0n) is 12.8. The Morgan fingerprint density at radius 2 is 2.05 bits per heavy atom. The van der Waals surface area contributed by atoms with Gasteiger partial charge in [-0.2, -0.15) is 0 Å². The van der Waals surface area contributed by atoms with E-state index in [0.717, 1.165) is 63.2 Å². The molecule has 1 aromatic carbocycles. The molecule has 0 spiro atoms. The molecule has 22 heavy (non-hydrogen) atoms. The zero-order valence-corrected chi connectivity index (χ0v) is 14.4. The molecule has 0 atom stereocenters. The van der Waals surface area contributed by atoms with Gasteiger partial charge in [0, 0.05) is 37.6 Å². The summed E-state index contributed by atoms with van der Waals surface area (Å²) >= 11 is 7.57. The molecule has 6 heteroatoms. The highest BCUT2D eigenvalue weighted by Gasteiger charge is 2.18. The van der Waals surface area contributed by atoms with Crippen LogP contribution >= 0.6 is 24.0 Å². The van der Waals surface area contributed by atoms with Crippen LogP contribution in [-0.2, 0) is 4.74 Å². The third-order valence-corrected chi connectivity index (χ3v) is 5.51. The maximum atomic E-state index is 5.64. The molecule has 4 nitrogen and oxygen atoms in total. The fourth-order valence-electron chi connectivity index (χ4n) is 2.78. The standard InChI is InChI=1S/C16H23N3OS2/c21-16(17-6-8-18-9-11-20-12-10-18)19-7-3-13-22-15-5-2-1-4-14(15)19/h1-2,4-5H,3,6-13H2,(H,17,21). The first-order valence-electron chi connectivity index (χ1n) is 7.92. The molecule has 1 saturated heterocycles. The molecule has 2 aliphatic rings. The van der Waals surface area contributed by atoms with Gasteiger partial charge in [-0.1, -0.05) is 12.1 Å². The number of thioether (sulfide) groups is 1. The molecule has 2 aliphatic heterocycles. The topological polar surface area (TPSA) is 27.7 Å². The highest BCUT2D eigenvalue weighted by atomic mass is 32.2. The van der Waals surface area contributed by atoms with Crippen LogP contribution in [-0.4, -0.2) is 61.7 Å². The van der Waals surface area contributed by atoms with E-state index in [0.29, 0.717) is 0 Å². The summed E-state index contributed by atoms with van der Waals surface area (Å²) in [5, 5.41) is 4.28. The van der Waals surface area contributed by atoms with Gasteiger partial charge in [0.25, 0.3) is 0 Å². The van der Waals surface area contributed by atoms with Crippen molar-refractivity contribution in [1.29, 1.82) is 0 Å². The number of benzene rings is 1. The molecule has 0 amide bonds. The Kier molecular flexibility index (Phi) is 5.95. The normalized spacial score (nSPS) is 19.4. The minimum Gasteiger partial charge on any atom is -0.379 e. The maximum absolute atomic E-state index is 5.64. The molecular weight excluding hydrogens is 314 g/mol.